The van der Waals surface area contributed by atoms with Crippen molar-refractivity contribution in [3.05, 3.63) is 23.3 Å². The van der Waals surface area contributed by atoms with Gasteiger partial charge in [-0.2, -0.15) is 0 Å². The minimum atomic E-state index is -1.03. The number of hydrogen-bond donors (Lipinski definition) is 3. The Morgan fingerprint density at radius 3 is 2.69 bits per heavy atom. The number of carboxylic acids is 1. The largest absolute Gasteiger partial charge is 0.497 e. The summed E-state index contributed by atoms with van der Waals surface area (Å²) in [5.41, 5.74) is 0.739. The monoisotopic (exact) mass is 363 g/mol. The minimum Gasteiger partial charge on any atom is -0.497 e. The van der Waals surface area contributed by atoms with Crippen molar-refractivity contribution in [2.24, 2.45) is 0 Å². The van der Waals surface area contributed by atoms with E-state index < -0.39 is 5.97 Å². The Hall–Kier alpha value is -2.32. The number of nitrogens with one attached hydrogen (secondary N) is 2. The van der Waals surface area contributed by atoms with Gasteiger partial charge in [0.2, 0.25) is 5.91 Å². The molecule has 0 aromatic heterocycles. The van der Waals surface area contributed by atoms with Crippen molar-refractivity contribution in [3.63, 3.8) is 0 Å². The molecule has 1 aromatic carbocycles. The molecular weight excluding hydrogens is 338 g/mol. The van der Waals surface area contributed by atoms with Crippen molar-refractivity contribution in [2.75, 3.05) is 33.9 Å². The standard InChI is InChI=1S/C18H25N3O5/c1-25-12-7-13(18(23)24)14(16(8-12)26-2)9-21-6-5-19-15(10-21)17(22)20-11-3-4-11/h7-8,11,15,19H,3-6,9-10H2,1-2H3,(H,20,22)(H,23,24). The smallest absolute Gasteiger partial charge is 0.336 e. The number of methoxy groups -OCH3 is 2. The van der Waals surface area contributed by atoms with Gasteiger partial charge in [0, 0.05) is 43.9 Å². The molecule has 26 heavy (non-hydrogen) atoms. The highest BCUT2D eigenvalue weighted by Crippen LogP contribution is 2.30. The normalized spacial score (nSPS) is 20.5. The summed E-state index contributed by atoms with van der Waals surface area (Å²) in [6.07, 6.45) is 2.10. The van der Waals surface area contributed by atoms with Crippen LogP contribution in [0.4, 0.5) is 0 Å². The molecule has 142 valence electrons. The second kappa shape index (κ2) is 7.92. The molecule has 1 aromatic rings. The van der Waals surface area contributed by atoms with E-state index in [1.54, 1.807) is 6.07 Å². The molecule has 0 radical (unpaired) electrons. The number of carbonyl (C=O) groups is 2. The lowest BCUT2D eigenvalue weighted by molar-refractivity contribution is -0.124. The maximum Gasteiger partial charge on any atom is 0.336 e. The molecule has 8 nitrogen and oxygen atoms in total. The van der Waals surface area contributed by atoms with E-state index in [2.05, 4.69) is 15.5 Å². The van der Waals surface area contributed by atoms with Crippen molar-refractivity contribution < 1.29 is 24.2 Å². The molecule has 1 aliphatic heterocycles. The first-order chi connectivity index (χ1) is 12.5. The zero-order valence-corrected chi connectivity index (χ0v) is 15.1. The van der Waals surface area contributed by atoms with Gasteiger partial charge in [-0.1, -0.05) is 0 Å². The summed E-state index contributed by atoms with van der Waals surface area (Å²) in [7, 11) is 2.99. The Bertz CT molecular complexity index is 690. The number of carboxylic acid groups (broad SMARTS) is 1. The van der Waals surface area contributed by atoms with E-state index in [1.807, 2.05) is 0 Å². The summed E-state index contributed by atoms with van der Waals surface area (Å²) in [6.45, 7) is 2.31. The van der Waals surface area contributed by atoms with Crippen molar-refractivity contribution in [3.8, 4) is 11.5 Å². The van der Waals surface area contributed by atoms with Crippen LogP contribution in [0.15, 0.2) is 12.1 Å². The molecule has 3 rings (SSSR count). The molecule has 1 amide bonds. The van der Waals surface area contributed by atoms with Gasteiger partial charge in [-0.25, -0.2) is 4.79 Å². The number of nitrogens with zero attached hydrogens (tertiary/aromatic N) is 1. The molecule has 3 N–H and O–H groups in total. The zero-order valence-electron chi connectivity index (χ0n) is 15.1. The third-order valence-corrected chi connectivity index (χ3v) is 4.75. The fourth-order valence-corrected chi connectivity index (χ4v) is 3.16. The fourth-order valence-electron chi connectivity index (χ4n) is 3.16. The van der Waals surface area contributed by atoms with Gasteiger partial charge in [-0.3, -0.25) is 9.69 Å². The Balaban J connectivity index is 1.76. The summed E-state index contributed by atoms with van der Waals surface area (Å²) in [5.74, 6) is -0.114. The van der Waals surface area contributed by atoms with Crippen molar-refractivity contribution in [1.82, 2.24) is 15.5 Å². The van der Waals surface area contributed by atoms with E-state index in [0.717, 1.165) is 19.4 Å². The topological polar surface area (TPSA) is 100 Å². The third-order valence-electron chi connectivity index (χ3n) is 4.75. The van der Waals surface area contributed by atoms with Crippen LogP contribution in [0.2, 0.25) is 0 Å². The van der Waals surface area contributed by atoms with Gasteiger partial charge < -0.3 is 25.2 Å². The number of hydrogen-bond acceptors (Lipinski definition) is 6. The average Bonchev–Trinajstić information content (AvgIpc) is 3.45. The van der Waals surface area contributed by atoms with Gasteiger partial charge in [0.1, 0.15) is 11.5 Å². The van der Waals surface area contributed by atoms with E-state index in [0.29, 0.717) is 42.7 Å². The lowest BCUT2D eigenvalue weighted by Crippen LogP contribution is -2.57. The van der Waals surface area contributed by atoms with Gasteiger partial charge in [-0.15, -0.1) is 0 Å². The molecule has 1 heterocycles. The number of ether oxygens (including phenoxy) is 2. The van der Waals surface area contributed by atoms with E-state index in [4.69, 9.17) is 9.47 Å². The maximum absolute atomic E-state index is 12.3. The first-order valence-electron chi connectivity index (χ1n) is 8.76. The van der Waals surface area contributed by atoms with E-state index >= 15 is 0 Å². The van der Waals surface area contributed by atoms with Crippen LogP contribution in [0.25, 0.3) is 0 Å². The Morgan fingerprint density at radius 2 is 2.08 bits per heavy atom. The Kier molecular flexibility index (Phi) is 5.63. The number of amides is 1. The predicted octanol–water partition coefficient (Wildman–Crippen LogP) is 0.454. The van der Waals surface area contributed by atoms with E-state index in [1.165, 1.54) is 20.3 Å². The van der Waals surface area contributed by atoms with Crippen LogP contribution >= 0.6 is 0 Å². The van der Waals surface area contributed by atoms with Crippen LogP contribution < -0.4 is 20.1 Å². The van der Waals surface area contributed by atoms with Crippen LogP contribution in [0.3, 0.4) is 0 Å². The van der Waals surface area contributed by atoms with Crippen molar-refractivity contribution in [1.29, 1.82) is 0 Å². The number of aromatic carboxylic acids is 1. The van der Waals surface area contributed by atoms with E-state index in [9.17, 15) is 14.7 Å². The second-order valence-corrected chi connectivity index (χ2v) is 6.69. The predicted molar refractivity (Wildman–Crippen MR) is 94.7 cm³/mol. The highest BCUT2D eigenvalue weighted by Gasteiger charge is 2.31. The van der Waals surface area contributed by atoms with Crippen molar-refractivity contribution in [2.45, 2.75) is 31.5 Å². The van der Waals surface area contributed by atoms with Gasteiger partial charge >= 0.3 is 5.97 Å². The minimum absolute atomic E-state index is 0.0114. The average molecular weight is 363 g/mol. The molecule has 1 saturated heterocycles. The van der Waals surface area contributed by atoms with Gasteiger partial charge in [0.25, 0.3) is 0 Å². The van der Waals surface area contributed by atoms with Gasteiger partial charge in [-0.05, 0) is 18.9 Å². The number of benzene rings is 1. The van der Waals surface area contributed by atoms with Gasteiger partial charge in [0.05, 0.1) is 25.8 Å². The van der Waals surface area contributed by atoms with Crippen LogP contribution in [-0.2, 0) is 11.3 Å². The molecule has 1 unspecified atom stereocenters. The fraction of sp³-hybridized carbons (Fsp3) is 0.556. The van der Waals surface area contributed by atoms with Gasteiger partial charge in [0.15, 0.2) is 0 Å². The molecule has 0 spiro atoms. The number of piperazine rings is 1. The summed E-state index contributed by atoms with van der Waals surface area (Å²) in [6, 6.07) is 3.21. The molecule has 1 atom stereocenters. The van der Waals surface area contributed by atoms with Crippen LogP contribution in [0.1, 0.15) is 28.8 Å². The first-order valence-corrected chi connectivity index (χ1v) is 8.76. The summed E-state index contributed by atoms with van der Waals surface area (Å²) in [5, 5.41) is 15.8. The Labute approximate surface area is 152 Å². The molecule has 2 fully saturated rings. The number of carbonyl (C=O) groups excluding carboxylic acids is 1. The summed E-state index contributed by atoms with van der Waals surface area (Å²) >= 11 is 0. The van der Waals surface area contributed by atoms with E-state index in [-0.39, 0.29) is 17.5 Å². The SMILES string of the molecule is COc1cc(OC)c(CN2CCNC(C(=O)NC3CC3)C2)c(C(=O)O)c1. The summed E-state index contributed by atoms with van der Waals surface area (Å²) < 4.78 is 10.6. The molecule has 0 bridgehead atoms. The van der Waals surface area contributed by atoms with Crippen LogP contribution in [0, 0.1) is 0 Å². The molecule has 1 saturated carbocycles. The maximum atomic E-state index is 12.3. The number of rotatable bonds is 7. The highest BCUT2D eigenvalue weighted by molar-refractivity contribution is 5.91. The van der Waals surface area contributed by atoms with Crippen LogP contribution in [0.5, 0.6) is 11.5 Å². The zero-order chi connectivity index (χ0) is 18.7. The van der Waals surface area contributed by atoms with Crippen LogP contribution in [-0.4, -0.2) is 67.8 Å². The lowest BCUT2D eigenvalue weighted by Gasteiger charge is -2.33. The molecule has 8 heteroatoms. The first kappa shape index (κ1) is 18.5. The lowest BCUT2D eigenvalue weighted by atomic mass is 10.0. The summed E-state index contributed by atoms with van der Waals surface area (Å²) in [4.78, 5) is 26.1. The quantitative estimate of drug-likeness (QED) is 0.647. The molecule has 1 aliphatic carbocycles. The van der Waals surface area contributed by atoms with Crippen molar-refractivity contribution >= 4 is 11.9 Å². The highest BCUT2D eigenvalue weighted by atomic mass is 16.5. The third kappa shape index (κ3) is 4.25. The second-order valence-electron chi connectivity index (χ2n) is 6.69. The molecular formula is C18H25N3O5. The Morgan fingerprint density at radius 1 is 1.31 bits per heavy atom. The molecule has 2 aliphatic rings.